The first-order chi connectivity index (χ1) is 23.8. The van der Waals surface area contributed by atoms with Gasteiger partial charge in [-0.3, -0.25) is 24.7 Å². The van der Waals surface area contributed by atoms with Crippen LogP contribution in [0.1, 0.15) is 88.2 Å². The lowest BCUT2D eigenvalue weighted by Gasteiger charge is -2.59. The molecule has 2 aliphatic carbocycles. The van der Waals surface area contributed by atoms with Gasteiger partial charge < -0.3 is 19.3 Å². The average Bonchev–Trinajstić information content (AvgIpc) is 3.69. The number of rotatable bonds is 7. The second-order valence-corrected chi connectivity index (χ2v) is 15.6. The molecule has 2 saturated carbocycles. The Morgan fingerprint density at radius 3 is 2.61 bits per heavy atom. The summed E-state index contributed by atoms with van der Waals surface area (Å²) in [6.45, 7) is 9.27. The van der Waals surface area contributed by atoms with E-state index < -0.39 is 12.0 Å². The maximum absolute atomic E-state index is 15.4. The van der Waals surface area contributed by atoms with Gasteiger partial charge in [-0.2, -0.15) is 5.26 Å². The zero-order valence-corrected chi connectivity index (χ0v) is 29.7. The van der Waals surface area contributed by atoms with Gasteiger partial charge in [-0.05, 0) is 76.7 Å². The summed E-state index contributed by atoms with van der Waals surface area (Å²) in [5, 5.41) is 13.7. The number of fused-ring (bicyclic) bond motifs is 2. The molecule has 4 aliphatic heterocycles. The van der Waals surface area contributed by atoms with Crippen molar-refractivity contribution in [3.63, 3.8) is 0 Å². The number of benzene rings is 1. The molecule has 7 atom stereocenters. The van der Waals surface area contributed by atoms with E-state index in [0.717, 1.165) is 56.4 Å². The number of nitrogens with zero attached hydrogens (tertiary/aromatic N) is 5. The van der Waals surface area contributed by atoms with E-state index in [4.69, 9.17) is 9.47 Å². The van der Waals surface area contributed by atoms with E-state index in [0.29, 0.717) is 45.1 Å². The largest absolute Gasteiger partial charge is 0.479 e. The minimum absolute atomic E-state index is 0.0235. The predicted octanol–water partition coefficient (Wildman–Crippen LogP) is 4.37. The summed E-state index contributed by atoms with van der Waals surface area (Å²) in [4.78, 5) is 37.3. The van der Waals surface area contributed by atoms with Crippen molar-refractivity contribution in [1.29, 1.82) is 5.26 Å². The normalized spacial score (nSPS) is 34.9. The first-order valence-electron chi connectivity index (χ1n) is 19.0. The smallest absolute Gasteiger partial charge is 0.246 e. The third-order valence-electron chi connectivity index (χ3n) is 12.8. The van der Waals surface area contributed by atoms with Crippen LogP contribution in [0.25, 0.3) is 0 Å². The fourth-order valence-electron chi connectivity index (χ4n) is 10.0. The number of carbonyl (C=O) groups is 2. The van der Waals surface area contributed by atoms with Crippen molar-refractivity contribution in [3.8, 4) is 11.8 Å². The topological polar surface area (TPSA) is 101 Å². The number of nitriles is 1. The van der Waals surface area contributed by atoms with Crippen LogP contribution in [-0.4, -0.2) is 113 Å². The van der Waals surface area contributed by atoms with Crippen molar-refractivity contribution in [1.82, 2.24) is 24.9 Å². The Labute approximate surface area is 292 Å². The van der Waals surface area contributed by atoms with E-state index >= 15 is 4.79 Å². The Bertz CT molecular complexity index is 1420. The number of ether oxygens (including phenoxy) is 2. The van der Waals surface area contributed by atoms with E-state index in [1.165, 1.54) is 37.3 Å². The van der Waals surface area contributed by atoms with Crippen molar-refractivity contribution in [2.24, 2.45) is 5.92 Å². The first kappa shape index (κ1) is 34.6. The molecule has 4 heterocycles. The molecular weight excluding hydrogens is 616 g/mol. The van der Waals surface area contributed by atoms with Crippen LogP contribution in [0.15, 0.2) is 30.9 Å². The van der Waals surface area contributed by atoms with Gasteiger partial charge in [-0.15, -0.1) is 0 Å². The van der Waals surface area contributed by atoms with Crippen LogP contribution in [-0.2, 0) is 20.7 Å². The van der Waals surface area contributed by atoms with Gasteiger partial charge in [-0.1, -0.05) is 50.8 Å². The van der Waals surface area contributed by atoms with Crippen LogP contribution in [0.3, 0.4) is 0 Å². The lowest BCUT2D eigenvalue weighted by atomic mass is 9.69. The fourth-order valence-corrected chi connectivity index (χ4v) is 10.0. The minimum Gasteiger partial charge on any atom is -0.479 e. The quantitative estimate of drug-likeness (QED) is 0.424. The minimum atomic E-state index is -0.869. The van der Waals surface area contributed by atoms with Crippen LogP contribution >= 0.6 is 0 Å². The highest BCUT2D eigenvalue weighted by molar-refractivity contribution is 5.95. The van der Waals surface area contributed by atoms with Gasteiger partial charge in [0.1, 0.15) is 5.75 Å². The number of nitrogens with one attached hydrogen (secondary N) is 1. The van der Waals surface area contributed by atoms with Crippen molar-refractivity contribution in [3.05, 3.63) is 42.0 Å². The zero-order valence-electron chi connectivity index (χ0n) is 29.7. The Hall–Kier alpha value is -2.81. The van der Waals surface area contributed by atoms with E-state index in [2.05, 4.69) is 52.7 Å². The molecule has 49 heavy (non-hydrogen) atoms. The molecule has 6 aliphatic rings. The number of hydrogen-bond donors (Lipinski definition) is 1. The average molecular weight is 673 g/mol. The standard InChI is InChI=1S/C39H56N6O4/c1-4-34(46)44-23-22-43(25-29(44)18-20-40)37-31-17-19-39(24-32-27(2)12-10-16-33(32)49-39)36(47)35(31)45(28-13-8-6-5-7-9-14-28)38(41-37)48-26-30-15-11-21-42(30)3/h4,10,12,16,28-31,35,37-38,41H,1,5-9,11,13-15,17-19,21-26H2,2-3H3/t29?,30?,31?,35?,37?,38?,39-/m0/s1. The highest BCUT2D eigenvalue weighted by Crippen LogP contribution is 2.48. The molecule has 3 saturated heterocycles. The second-order valence-electron chi connectivity index (χ2n) is 15.6. The Balaban J connectivity index is 1.25. The lowest BCUT2D eigenvalue weighted by Crippen LogP contribution is -2.77. The third-order valence-corrected chi connectivity index (χ3v) is 12.8. The number of piperazine rings is 1. The molecule has 0 bridgehead atoms. The van der Waals surface area contributed by atoms with E-state index in [1.807, 2.05) is 12.1 Å². The van der Waals surface area contributed by atoms with Crippen LogP contribution in [0, 0.1) is 24.2 Å². The molecule has 1 amide bonds. The molecule has 0 aromatic heterocycles. The number of likely N-dealkylation sites (N-methyl/N-ethyl adjacent to an activating group) is 1. The van der Waals surface area contributed by atoms with Crippen molar-refractivity contribution in [2.75, 3.05) is 39.8 Å². The van der Waals surface area contributed by atoms with E-state index in [1.54, 1.807) is 4.90 Å². The molecule has 1 aromatic carbocycles. The second kappa shape index (κ2) is 14.8. The summed E-state index contributed by atoms with van der Waals surface area (Å²) in [6.07, 6.45) is 13.7. The Kier molecular flexibility index (Phi) is 10.5. The summed E-state index contributed by atoms with van der Waals surface area (Å²) in [5.41, 5.74) is 1.48. The molecule has 266 valence electrons. The summed E-state index contributed by atoms with van der Waals surface area (Å²) in [7, 11) is 2.19. The molecule has 10 heteroatoms. The molecule has 1 aromatic rings. The molecule has 0 radical (unpaired) electrons. The van der Waals surface area contributed by atoms with Gasteiger partial charge in [0.05, 0.1) is 37.3 Å². The molecule has 5 fully saturated rings. The number of amides is 1. The molecule has 6 unspecified atom stereocenters. The summed E-state index contributed by atoms with van der Waals surface area (Å²) in [5.74, 6) is 0.952. The van der Waals surface area contributed by atoms with Gasteiger partial charge in [-0.25, -0.2) is 0 Å². The number of carbonyl (C=O) groups excluding carboxylic acids is 2. The van der Waals surface area contributed by atoms with Crippen molar-refractivity contribution >= 4 is 11.7 Å². The van der Waals surface area contributed by atoms with Crippen LogP contribution in [0.4, 0.5) is 0 Å². The SMILES string of the molecule is C=CC(=O)N1CCN(C2NC(OCC3CCCN3C)N(C3CCCCCCC3)C3C(=O)[C@]4(CCC23)Cc2c(C)cccc2O4)CC1CC#N. The van der Waals surface area contributed by atoms with Gasteiger partial charge in [0.2, 0.25) is 5.91 Å². The van der Waals surface area contributed by atoms with Crippen LogP contribution in [0.5, 0.6) is 5.75 Å². The number of aryl methyl sites for hydroxylation is 1. The first-order valence-corrected chi connectivity index (χ1v) is 19.0. The Morgan fingerprint density at radius 2 is 1.90 bits per heavy atom. The summed E-state index contributed by atoms with van der Waals surface area (Å²) < 4.78 is 13.8. The van der Waals surface area contributed by atoms with E-state index in [9.17, 15) is 10.1 Å². The predicted molar refractivity (Wildman–Crippen MR) is 188 cm³/mol. The number of ketones is 1. The summed E-state index contributed by atoms with van der Waals surface area (Å²) >= 11 is 0. The number of hydrogen-bond acceptors (Lipinski definition) is 9. The van der Waals surface area contributed by atoms with Crippen molar-refractivity contribution in [2.45, 2.75) is 133 Å². The number of likely N-dealkylation sites (tertiary alicyclic amines) is 1. The number of Topliss-reactive ketones (excluding diaryl/α,β-unsaturated/α-hetero) is 1. The molecule has 10 nitrogen and oxygen atoms in total. The van der Waals surface area contributed by atoms with Gasteiger partial charge in [0.15, 0.2) is 17.7 Å². The molecule has 1 N–H and O–H groups in total. The maximum Gasteiger partial charge on any atom is 0.246 e. The van der Waals surface area contributed by atoms with Crippen LogP contribution in [0.2, 0.25) is 0 Å². The maximum atomic E-state index is 15.4. The van der Waals surface area contributed by atoms with E-state index in [-0.39, 0.29) is 48.3 Å². The molecule has 7 rings (SSSR count). The van der Waals surface area contributed by atoms with Crippen molar-refractivity contribution < 1.29 is 19.1 Å². The van der Waals surface area contributed by atoms with Crippen LogP contribution < -0.4 is 10.1 Å². The highest BCUT2D eigenvalue weighted by atomic mass is 16.5. The van der Waals surface area contributed by atoms with Gasteiger partial charge >= 0.3 is 0 Å². The van der Waals surface area contributed by atoms with Gasteiger partial charge in [0, 0.05) is 49.6 Å². The zero-order chi connectivity index (χ0) is 34.1. The van der Waals surface area contributed by atoms with Gasteiger partial charge in [0.25, 0.3) is 0 Å². The fraction of sp³-hybridized carbons (Fsp3) is 0.718. The summed E-state index contributed by atoms with van der Waals surface area (Å²) in [6, 6.07) is 8.51. The molecular formula is C39H56N6O4. The highest BCUT2D eigenvalue weighted by Gasteiger charge is 2.61. The Morgan fingerprint density at radius 1 is 1.10 bits per heavy atom. The lowest BCUT2D eigenvalue weighted by molar-refractivity contribution is -0.208. The monoisotopic (exact) mass is 672 g/mol. The molecule has 1 spiro atoms. The third kappa shape index (κ3) is 6.70.